The van der Waals surface area contributed by atoms with Gasteiger partial charge >= 0.3 is 0 Å². The number of likely N-dealkylation sites (N-methyl/N-ethyl adjacent to an activating group) is 1. The molecule has 3 unspecified atom stereocenters. The maximum absolute atomic E-state index is 3.70. The van der Waals surface area contributed by atoms with Gasteiger partial charge in [-0.1, -0.05) is 26.7 Å². The van der Waals surface area contributed by atoms with Crippen LogP contribution in [0.1, 0.15) is 52.9 Å². The molecule has 1 N–H and O–H groups in total. The zero-order valence-electron chi connectivity index (χ0n) is 11.8. The molecule has 1 fully saturated rings. The van der Waals surface area contributed by atoms with E-state index in [9.17, 15) is 0 Å². The first kappa shape index (κ1) is 14.0. The molecule has 0 aliphatic heterocycles. The summed E-state index contributed by atoms with van der Waals surface area (Å²) >= 11 is 0. The van der Waals surface area contributed by atoms with E-state index in [-0.39, 0.29) is 0 Å². The Bertz CT molecular complexity index is 203. The normalized spacial score (nSPS) is 33.0. The summed E-state index contributed by atoms with van der Waals surface area (Å²) in [6.07, 6.45) is 6.73. The lowest BCUT2D eigenvalue weighted by molar-refractivity contribution is 0.0727. The van der Waals surface area contributed by atoms with E-state index in [1.807, 2.05) is 0 Å². The first-order valence-electron chi connectivity index (χ1n) is 6.91. The van der Waals surface area contributed by atoms with Crippen LogP contribution in [0.15, 0.2) is 0 Å². The predicted octanol–water partition coefficient (Wildman–Crippen LogP) is 2.89. The van der Waals surface area contributed by atoms with Gasteiger partial charge in [-0.2, -0.15) is 0 Å². The zero-order valence-corrected chi connectivity index (χ0v) is 11.8. The molecule has 0 spiro atoms. The fourth-order valence-electron chi connectivity index (χ4n) is 2.87. The van der Waals surface area contributed by atoms with Gasteiger partial charge in [0.15, 0.2) is 0 Å². The van der Waals surface area contributed by atoms with Crippen molar-refractivity contribution in [3.05, 3.63) is 0 Å². The molecule has 0 aromatic carbocycles. The summed E-state index contributed by atoms with van der Waals surface area (Å²) < 4.78 is 0. The summed E-state index contributed by atoms with van der Waals surface area (Å²) in [5.74, 6) is 0.884. The van der Waals surface area contributed by atoms with Gasteiger partial charge in [0.05, 0.1) is 0 Å². The van der Waals surface area contributed by atoms with Gasteiger partial charge in [0.1, 0.15) is 0 Å². The minimum atomic E-state index is 0.404. The molecule has 1 saturated carbocycles. The Labute approximate surface area is 102 Å². The molecule has 0 radical (unpaired) electrons. The van der Waals surface area contributed by atoms with Gasteiger partial charge in [0.25, 0.3) is 0 Å². The average Bonchev–Trinajstić information content (AvgIpc) is 2.25. The second-order valence-corrected chi connectivity index (χ2v) is 6.01. The van der Waals surface area contributed by atoms with E-state index < -0.39 is 0 Å². The molecule has 2 heteroatoms. The smallest absolute Gasteiger partial charge is 0.0330 e. The van der Waals surface area contributed by atoms with Crippen molar-refractivity contribution in [3.8, 4) is 0 Å². The molecule has 3 atom stereocenters. The highest BCUT2D eigenvalue weighted by atomic mass is 15.2. The molecule has 1 rings (SSSR count). The van der Waals surface area contributed by atoms with Crippen LogP contribution < -0.4 is 5.32 Å². The Morgan fingerprint density at radius 3 is 2.62 bits per heavy atom. The van der Waals surface area contributed by atoms with Crippen molar-refractivity contribution in [1.29, 1.82) is 0 Å². The summed E-state index contributed by atoms with van der Waals surface area (Å²) in [6.45, 7) is 8.10. The topological polar surface area (TPSA) is 15.3 Å². The number of rotatable bonds is 5. The fraction of sp³-hybridized carbons (Fsp3) is 1.00. The molecule has 96 valence electrons. The summed E-state index contributed by atoms with van der Waals surface area (Å²) in [5, 5.41) is 3.70. The average molecular weight is 226 g/mol. The second kappa shape index (κ2) is 6.02. The second-order valence-electron chi connectivity index (χ2n) is 6.01. The van der Waals surface area contributed by atoms with Gasteiger partial charge in [-0.3, -0.25) is 0 Å². The van der Waals surface area contributed by atoms with Crippen LogP contribution in [0.25, 0.3) is 0 Å². The van der Waals surface area contributed by atoms with E-state index in [1.54, 1.807) is 0 Å². The maximum Gasteiger partial charge on any atom is 0.0330 e. The minimum absolute atomic E-state index is 0.404. The molecule has 1 aliphatic rings. The lowest BCUT2D eigenvalue weighted by Crippen LogP contribution is -2.55. The number of hydrogen-bond acceptors (Lipinski definition) is 2. The van der Waals surface area contributed by atoms with Gasteiger partial charge in [-0.05, 0) is 46.2 Å². The number of hydrogen-bond donors (Lipinski definition) is 1. The van der Waals surface area contributed by atoms with Crippen LogP contribution in [0.3, 0.4) is 0 Å². The van der Waals surface area contributed by atoms with E-state index >= 15 is 0 Å². The van der Waals surface area contributed by atoms with Gasteiger partial charge in [0, 0.05) is 18.1 Å². The van der Waals surface area contributed by atoms with E-state index in [1.165, 1.54) is 32.1 Å². The molecular weight excluding hydrogens is 196 g/mol. The Balaban J connectivity index is 2.58. The van der Waals surface area contributed by atoms with Crippen LogP contribution in [-0.4, -0.2) is 37.1 Å². The van der Waals surface area contributed by atoms with Crippen LogP contribution in [0.4, 0.5) is 0 Å². The van der Waals surface area contributed by atoms with Gasteiger partial charge in [0.2, 0.25) is 0 Å². The van der Waals surface area contributed by atoms with Crippen molar-refractivity contribution >= 4 is 0 Å². The van der Waals surface area contributed by atoms with Crippen LogP contribution in [0, 0.1) is 5.92 Å². The van der Waals surface area contributed by atoms with Crippen molar-refractivity contribution in [2.24, 2.45) is 5.92 Å². The summed E-state index contributed by atoms with van der Waals surface area (Å²) in [4.78, 5) is 2.46. The van der Waals surface area contributed by atoms with Gasteiger partial charge in [-0.25, -0.2) is 0 Å². The lowest BCUT2D eigenvalue weighted by Gasteiger charge is -2.46. The van der Waals surface area contributed by atoms with Crippen molar-refractivity contribution in [1.82, 2.24) is 10.2 Å². The van der Waals surface area contributed by atoms with E-state index in [4.69, 9.17) is 0 Å². The molecule has 0 amide bonds. The molecule has 0 heterocycles. The lowest BCUT2D eigenvalue weighted by atomic mass is 9.75. The first-order valence-corrected chi connectivity index (χ1v) is 6.91. The monoisotopic (exact) mass is 226 g/mol. The van der Waals surface area contributed by atoms with Crippen molar-refractivity contribution in [2.45, 2.75) is 64.5 Å². The van der Waals surface area contributed by atoms with Crippen LogP contribution in [0.2, 0.25) is 0 Å². The van der Waals surface area contributed by atoms with Crippen LogP contribution in [-0.2, 0) is 0 Å². The summed E-state index contributed by atoms with van der Waals surface area (Å²) in [6, 6.07) is 0.647. The van der Waals surface area contributed by atoms with E-state index in [0.717, 1.165) is 12.5 Å². The molecule has 0 bridgehead atoms. The third kappa shape index (κ3) is 3.46. The molecule has 16 heavy (non-hydrogen) atoms. The highest BCUT2D eigenvalue weighted by molar-refractivity contribution is 4.95. The SMILES string of the molecule is CCC(C)NCC1(N(C)C)CCCC(C)C1. The minimum Gasteiger partial charge on any atom is -0.312 e. The van der Waals surface area contributed by atoms with Gasteiger partial charge in [-0.15, -0.1) is 0 Å². The third-order valence-electron chi connectivity index (χ3n) is 4.41. The van der Waals surface area contributed by atoms with E-state index in [0.29, 0.717) is 11.6 Å². The number of nitrogens with zero attached hydrogens (tertiary/aromatic N) is 1. The molecule has 0 aromatic rings. The van der Waals surface area contributed by atoms with Crippen molar-refractivity contribution in [2.75, 3.05) is 20.6 Å². The predicted molar refractivity (Wildman–Crippen MR) is 71.8 cm³/mol. The summed E-state index contributed by atoms with van der Waals surface area (Å²) in [7, 11) is 4.49. The number of nitrogens with one attached hydrogen (secondary N) is 1. The molecule has 0 aromatic heterocycles. The fourth-order valence-corrected chi connectivity index (χ4v) is 2.87. The van der Waals surface area contributed by atoms with Gasteiger partial charge < -0.3 is 10.2 Å². The Morgan fingerprint density at radius 1 is 1.44 bits per heavy atom. The molecular formula is C14H30N2. The molecule has 0 saturated heterocycles. The highest BCUT2D eigenvalue weighted by Gasteiger charge is 2.36. The Hall–Kier alpha value is -0.0800. The van der Waals surface area contributed by atoms with Crippen LogP contribution in [0.5, 0.6) is 0 Å². The Kier molecular flexibility index (Phi) is 5.26. The molecule has 2 nitrogen and oxygen atoms in total. The highest BCUT2D eigenvalue weighted by Crippen LogP contribution is 2.35. The Morgan fingerprint density at radius 2 is 2.12 bits per heavy atom. The maximum atomic E-state index is 3.70. The largest absolute Gasteiger partial charge is 0.312 e. The summed E-state index contributed by atoms with van der Waals surface area (Å²) in [5.41, 5.74) is 0.404. The molecule has 1 aliphatic carbocycles. The standard InChI is InChI=1S/C14H30N2/c1-6-13(3)15-11-14(16(4)5)9-7-8-12(2)10-14/h12-13,15H,6-11H2,1-5H3. The first-order chi connectivity index (χ1) is 7.50. The van der Waals surface area contributed by atoms with Crippen molar-refractivity contribution in [3.63, 3.8) is 0 Å². The zero-order chi connectivity index (χ0) is 12.2. The van der Waals surface area contributed by atoms with Crippen molar-refractivity contribution < 1.29 is 0 Å². The van der Waals surface area contributed by atoms with E-state index in [2.05, 4.69) is 45.1 Å². The quantitative estimate of drug-likeness (QED) is 0.775. The third-order valence-corrected chi connectivity index (χ3v) is 4.41. The van der Waals surface area contributed by atoms with Crippen LogP contribution >= 0.6 is 0 Å².